The van der Waals surface area contributed by atoms with E-state index in [1.54, 1.807) is 42.3 Å². The first-order valence-corrected chi connectivity index (χ1v) is 6.83. The van der Waals surface area contributed by atoms with Crippen molar-refractivity contribution in [2.45, 2.75) is 0 Å². The Kier molecular flexibility index (Phi) is 2.94. The number of aromatic nitrogens is 5. The van der Waals surface area contributed by atoms with E-state index in [1.165, 1.54) is 0 Å². The van der Waals surface area contributed by atoms with Crippen LogP contribution in [0.2, 0.25) is 0 Å². The van der Waals surface area contributed by atoms with Gasteiger partial charge >= 0.3 is 0 Å². The van der Waals surface area contributed by atoms with Crippen LogP contribution in [0.15, 0.2) is 47.1 Å². The van der Waals surface area contributed by atoms with E-state index in [0.717, 1.165) is 5.52 Å². The number of rotatable bonds is 3. The highest BCUT2D eigenvalue weighted by molar-refractivity contribution is 5.77. The van der Waals surface area contributed by atoms with Crippen LogP contribution in [0.3, 0.4) is 0 Å². The van der Waals surface area contributed by atoms with Gasteiger partial charge in [-0.25, -0.2) is 4.98 Å². The Labute approximate surface area is 130 Å². The number of nitrogens with two attached hydrogens (primary N) is 1. The maximum atomic E-state index is 5.82. The molecular formula is C15H12N6O2. The van der Waals surface area contributed by atoms with Crippen molar-refractivity contribution in [1.29, 1.82) is 0 Å². The molecule has 0 unspecified atom stereocenters. The smallest absolute Gasteiger partial charge is 0.222 e. The molecule has 4 rings (SSSR count). The first-order valence-electron chi connectivity index (χ1n) is 6.83. The van der Waals surface area contributed by atoms with Crippen LogP contribution in [0, 0.1) is 0 Å². The van der Waals surface area contributed by atoms with E-state index in [2.05, 4.69) is 20.3 Å². The first-order chi connectivity index (χ1) is 11.2. The van der Waals surface area contributed by atoms with Gasteiger partial charge in [0.05, 0.1) is 18.9 Å². The molecule has 2 N–H and O–H groups in total. The van der Waals surface area contributed by atoms with Crippen molar-refractivity contribution in [3.63, 3.8) is 0 Å². The van der Waals surface area contributed by atoms with E-state index in [0.29, 0.717) is 28.5 Å². The summed E-state index contributed by atoms with van der Waals surface area (Å²) in [6.07, 6.45) is 1.57. The number of fused-ring (bicyclic) bond motifs is 1. The van der Waals surface area contributed by atoms with Gasteiger partial charge in [-0.3, -0.25) is 0 Å². The van der Waals surface area contributed by atoms with Gasteiger partial charge in [-0.2, -0.15) is 9.67 Å². The number of hydrogen-bond donors (Lipinski definition) is 1. The third kappa shape index (κ3) is 2.26. The topological polar surface area (TPSA) is 105 Å². The molecule has 3 heterocycles. The molecule has 0 aliphatic carbocycles. The molecule has 0 saturated carbocycles. The maximum absolute atomic E-state index is 5.82. The van der Waals surface area contributed by atoms with Gasteiger partial charge in [0.15, 0.2) is 11.6 Å². The monoisotopic (exact) mass is 308 g/mol. The highest BCUT2D eigenvalue weighted by atomic mass is 16.5. The summed E-state index contributed by atoms with van der Waals surface area (Å²) >= 11 is 0. The zero-order chi connectivity index (χ0) is 15.8. The zero-order valence-electron chi connectivity index (χ0n) is 12.2. The lowest BCUT2D eigenvalue weighted by atomic mass is 10.3. The van der Waals surface area contributed by atoms with E-state index in [-0.39, 0.29) is 5.95 Å². The second-order valence-corrected chi connectivity index (χ2v) is 4.80. The van der Waals surface area contributed by atoms with Crippen LogP contribution >= 0.6 is 0 Å². The normalized spacial score (nSPS) is 11.0. The van der Waals surface area contributed by atoms with Crippen molar-refractivity contribution in [3.8, 4) is 23.0 Å². The van der Waals surface area contributed by atoms with Crippen molar-refractivity contribution >= 4 is 17.0 Å². The third-order valence-corrected chi connectivity index (χ3v) is 3.37. The molecule has 114 valence electrons. The van der Waals surface area contributed by atoms with Gasteiger partial charge < -0.3 is 14.9 Å². The highest BCUT2D eigenvalue weighted by Gasteiger charge is 2.13. The minimum atomic E-state index is 0.131. The van der Waals surface area contributed by atoms with Crippen LogP contribution in [-0.4, -0.2) is 32.1 Å². The quantitative estimate of drug-likeness (QED) is 0.617. The average Bonchev–Trinajstić information content (AvgIpc) is 3.23. The van der Waals surface area contributed by atoms with Crippen molar-refractivity contribution in [2.24, 2.45) is 0 Å². The van der Waals surface area contributed by atoms with Crippen molar-refractivity contribution in [2.75, 3.05) is 12.8 Å². The molecule has 0 radical (unpaired) electrons. The van der Waals surface area contributed by atoms with Crippen LogP contribution in [0.5, 0.6) is 5.75 Å². The van der Waals surface area contributed by atoms with E-state index in [4.69, 9.17) is 14.9 Å². The van der Waals surface area contributed by atoms with Crippen molar-refractivity contribution in [3.05, 3.63) is 42.7 Å². The lowest BCUT2D eigenvalue weighted by Gasteiger charge is -2.05. The summed E-state index contributed by atoms with van der Waals surface area (Å²) in [6, 6.07) is 10.8. The van der Waals surface area contributed by atoms with Gasteiger partial charge in [0.1, 0.15) is 17.0 Å². The number of furan rings is 1. The number of nitrogens with zero attached hydrogens (tertiary/aromatic N) is 5. The Bertz CT molecular complexity index is 977. The predicted molar refractivity (Wildman–Crippen MR) is 83.1 cm³/mol. The first kappa shape index (κ1) is 13.3. The van der Waals surface area contributed by atoms with E-state index in [1.807, 2.05) is 12.1 Å². The molecule has 0 bridgehead atoms. The predicted octanol–water partition coefficient (Wildman–Crippen LogP) is 2.06. The second-order valence-electron chi connectivity index (χ2n) is 4.80. The van der Waals surface area contributed by atoms with Gasteiger partial charge in [0.2, 0.25) is 5.95 Å². The number of ether oxygens (including phenoxy) is 1. The minimum absolute atomic E-state index is 0.131. The molecule has 23 heavy (non-hydrogen) atoms. The summed E-state index contributed by atoms with van der Waals surface area (Å²) in [7, 11) is 1.60. The SMILES string of the molecule is COc1ccc2c(c1)nnn2-c1cc(-c2ccco2)nc(N)n1. The average molecular weight is 308 g/mol. The Morgan fingerprint density at radius 3 is 2.87 bits per heavy atom. The summed E-state index contributed by atoms with van der Waals surface area (Å²) in [4.78, 5) is 8.42. The van der Waals surface area contributed by atoms with E-state index < -0.39 is 0 Å². The number of hydrogen-bond acceptors (Lipinski definition) is 7. The summed E-state index contributed by atoms with van der Waals surface area (Å²) in [5.41, 5.74) is 7.88. The zero-order valence-corrected chi connectivity index (χ0v) is 12.2. The lowest BCUT2D eigenvalue weighted by molar-refractivity contribution is 0.415. The van der Waals surface area contributed by atoms with Crippen LogP contribution in [0.25, 0.3) is 28.3 Å². The number of nitrogen functional groups attached to an aromatic ring is 1. The molecule has 3 aromatic heterocycles. The molecule has 0 aliphatic heterocycles. The summed E-state index contributed by atoms with van der Waals surface area (Å²) in [5, 5.41) is 8.27. The Balaban J connectivity index is 1.88. The van der Waals surface area contributed by atoms with Gasteiger partial charge in [-0.15, -0.1) is 5.10 Å². The van der Waals surface area contributed by atoms with Crippen LogP contribution in [0.4, 0.5) is 5.95 Å². The molecule has 0 aliphatic rings. The summed E-state index contributed by atoms with van der Waals surface area (Å²) in [6.45, 7) is 0. The van der Waals surface area contributed by atoms with E-state index in [9.17, 15) is 0 Å². The Morgan fingerprint density at radius 2 is 2.09 bits per heavy atom. The number of benzene rings is 1. The minimum Gasteiger partial charge on any atom is -0.497 e. The van der Waals surface area contributed by atoms with Crippen LogP contribution in [-0.2, 0) is 0 Å². The molecule has 0 amide bonds. The fourth-order valence-electron chi connectivity index (χ4n) is 2.31. The van der Waals surface area contributed by atoms with Crippen LogP contribution < -0.4 is 10.5 Å². The molecular weight excluding hydrogens is 296 g/mol. The Hall–Kier alpha value is -3.42. The fraction of sp³-hybridized carbons (Fsp3) is 0.0667. The molecule has 8 nitrogen and oxygen atoms in total. The molecule has 0 atom stereocenters. The maximum Gasteiger partial charge on any atom is 0.222 e. The second kappa shape index (κ2) is 5.09. The van der Waals surface area contributed by atoms with Crippen molar-refractivity contribution in [1.82, 2.24) is 25.0 Å². The Morgan fingerprint density at radius 1 is 1.17 bits per heavy atom. The summed E-state index contributed by atoms with van der Waals surface area (Å²) in [5.74, 6) is 1.96. The lowest BCUT2D eigenvalue weighted by Crippen LogP contribution is -2.05. The van der Waals surface area contributed by atoms with Gasteiger partial charge in [0.25, 0.3) is 0 Å². The molecule has 0 fully saturated rings. The molecule has 0 saturated heterocycles. The fourth-order valence-corrected chi connectivity index (χ4v) is 2.31. The summed E-state index contributed by atoms with van der Waals surface area (Å²) < 4.78 is 12.1. The van der Waals surface area contributed by atoms with Gasteiger partial charge in [0, 0.05) is 12.1 Å². The standard InChI is InChI=1S/C15H12N6O2/c1-22-9-4-5-12-10(7-9)19-20-21(12)14-8-11(17-15(16)18-14)13-3-2-6-23-13/h2-8H,1H3,(H2,16,17,18). The largest absolute Gasteiger partial charge is 0.497 e. The molecule has 1 aromatic carbocycles. The number of anilines is 1. The number of methoxy groups -OCH3 is 1. The molecule has 4 aromatic rings. The van der Waals surface area contributed by atoms with Gasteiger partial charge in [-0.05, 0) is 24.3 Å². The van der Waals surface area contributed by atoms with Crippen molar-refractivity contribution < 1.29 is 9.15 Å². The third-order valence-electron chi connectivity index (χ3n) is 3.37. The molecule has 8 heteroatoms. The molecule has 0 spiro atoms. The highest BCUT2D eigenvalue weighted by Crippen LogP contribution is 2.24. The van der Waals surface area contributed by atoms with Crippen LogP contribution in [0.1, 0.15) is 0 Å². The van der Waals surface area contributed by atoms with Gasteiger partial charge in [-0.1, -0.05) is 5.21 Å². The van der Waals surface area contributed by atoms with E-state index >= 15 is 0 Å².